The van der Waals surface area contributed by atoms with Gasteiger partial charge < -0.3 is 10.2 Å². The van der Waals surface area contributed by atoms with Gasteiger partial charge in [-0.2, -0.15) is 5.10 Å². The standard InChI is InChI=1S/C21H24N4O/c1-16(22-15-17-10-13-25-20(14-17)9-11-23-25)18-5-7-19(8-6-18)24-12-3-2-4-21(24)26/h5-11,13-14,16,22H,2-4,12,15H2,1H3. The predicted molar refractivity (Wildman–Crippen MR) is 103 cm³/mol. The van der Waals surface area contributed by atoms with Crippen LogP contribution in [0.1, 0.15) is 43.4 Å². The van der Waals surface area contributed by atoms with Crippen molar-refractivity contribution in [2.24, 2.45) is 0 Å². The number of fused-ring (bicyclic) bond motifs is 1. The summed E-state index contributed by atoms with van der Waals surface area (Å²) < 4.78 is 1.87. The van der Waals surface area contributed by atoms with Crippen molar-refractivity contribution < 1.29 is 4.79 Å². The molecule has 1 aromatic carbocycles. The fourth-order valence-electron chi connectivity index (χ4n) is 3.49. The second-order valence-corrected chi connectivity index (χ2v) is 6.93. The molecule has 1 saturated heterocycles. The van der Waals surface area contributed by atoms with E-state index in [-0.39, 0.29) is 11.9 Å². The molecule has 1 aliphatic heterocycles. The van der Waals surface area contributed by atoms with E-state index in [0.717, 1.165) is 37.1 Å². The number of nitrogens with zero attached hydrogens (tertiary/aromatic N) is 3. The van der Waals surface area contributed by atoms with Crippen LogP contribution in [-0.4, -0.2) is 22.1 Å². The molecule has 1 atom stereocenters. The van der Waals surface area contributed by atoms with Crippen LogP contribution in [0.4, 0.5) is 5.69 Å². The molecule has 26 heavy (non-hydrogen) atoms. The molecule has 134 valence electrons. The van der Waals surface area contributed by atoms with Crippen molar-refractivity contribution in [2.75, 3.05) is 11.4 Å². The van der Waals surface area contributed by atoms with Gasteiger partial charge in [-0.15, -0.1) is 0 Å². The third-order valence-corrected chi connectivity index (χ3v) is 5.10. The van der Waals surface area contributed by atoms with E-state index in [0.29, 0.717) is 6.42 Å². The molecule has 1 fully saturated rings. The topological polar surface area (TPSA) is 49.6 Å². The molecule has 0 aliphatic carbocycles. The molecule has 1 N–H and O–H groups in total. The number of aromatic nitrogens is 2. The summed E-state index contributed by atoms with van der Waals surface area (Å²) in [6.45, 7) is 3.80. The van der Waals surface area contributed by atoms with Gasteiger partial charge in [0, 0.05) is 43.6 Å². The molecule has 0 saturated carbocycles. The summed E-state index contributed by atoms with van der Waals surface area (Å²) in [5, 5.41) is 7.79. The van der Waals surface area contributed by atoms with E-state index in [1.165, 1.54) is 11.1 Å². The molecule has 0 bridgehead atoms. The number of carbonyl (C=O) groups excluding carboxylic acids is 1. The first kappa shape index (κ1) is 16.8. The highest BCUT2D eigenvalue weighted by Crippen LogP contribution is 2.23. The highest BCUT2D eigenvalue weighted by Gasteiger charge is 2.19. The average molecular weight is 348 g/mol. The summed E-state index contributed by atoms with van der Waals surface area (Å²) in [7, 11) is 0. The summed E-state index contributed by atoms with van der Waals surface area (Å²) in [6, 6.07) is 14.9. The number of hydrogen-bond donors (Lipinski definition) is 1. The average Bonchev–Trinajstić information content (AvgIpc) is 3.14. The van der Waals surface area contributed by atoms with Crippen LogP contribution in [0.15, 0.2) is 54.9 Å². The monoisotopic (exact) mass is 348 g/mol. The van der Waals surface area contributed by atoms with Gasteiger partial charge in [0.15, 0.2) is 0 Å². The molecule has 0 radical (unpaired) electrons. The van der Waals surface area contributed by atoms with Crippen LogP contribution in [0, 0.1) is 0 Å². The Morgan fingerprint density at radius 3 is 2.81 bits per heavy atom. The highest BCUT2D eigenvalue weighted by atomic mass is 16.2. The number of rotatable bonds is 5. The van der Waals surface area contributed by atoms with Crippen LogP contribution in [0.3, 0.4) is 0 Å². The maximum atomic E-state index is 12.1. The molecule has 4 rings (SSSR count). The fourth-order valence-corrected chi connectivity index (χ4v) is 3.49. The summed E-state index contributed by atoms with van der Waals surface area (Å²) in [6.07, 6.45) is 6.57. The van der Waals surface area contributed by atoms with Gasteiger partial charge in [0.2, 0.25) is 5.91 Å². The number of anilines is 1. The predicted octanol–water partition coefficient (Wildman–Crippen LogP) is 3.70. The minimum atomic E-state index is 0.238. The maximum absolute atomic E-state index is 12.1. The third kappa shape index (κ3) is 3.48. The molecule has 1 amide bonds. The number of hydrogen-bond acceptors (Lipinski definition) is 3. The van der Waals surface area contributed by atoms with Gasteiger partial charge >= 0.3 is 0 Å². The lowest BCUT2D eigenvalue weighted by Crippen LogP contribution is -2.35. The Morgan fingerprint density at radius 1 is 1.15 bits per heavy atom. The lowest BCUT2D eigenvalue weighted by atomic mass is 10.1. The van der Waals surface area contributed by atoms with Crippen LogP contribution in [0.5, 0.6) is 0 Å². The van der Waals surface area contributed by atoms with Crippen molar-refractivity contribution >= 4 is 17.1 Å². The van der Waals surface area contributed by atoms with Crippen molar-refractivity contribution in [3.63, 3.8) is 0 Å². The molecule has 3 aromatic rings. The van der Waals surface area contributed by atoms with Gasteiger partial charge in [0.05, 0.1) is 5.52 Å². The van der Waals surface area contributed by atoms with E-state index >= 15 is 0 Å². The SMILES string of the molecule is CC(NCc1ccn2nccc2c1)c1ccc(N2CCCCC2=O)cc1. The highest BCUT2D eigenvalue weighted by molar-refractivity contribution is 5.93. The van der Waals surface area contributed by atoms with Crippen LogP contribution < -0.4 is 10.2 Å². The second kappa shape index (κ2) is 7.30. The van der Waals surface area contributed by atoms with E-state index in [1.54, 1.807) is 0 Å². The fraction of sp³-hybridized carbons (Fsp3) is 0.333. The Bertz CT molecular complexity index is 900. The maximum Gasteiger partial charge on any atom is 0.226 e. The van der Waals surface area contributed by atoms with Gasteiger partial charge in [-0.1, -0.05) is 12.1 Å². The Kier molecular flexibility index (Phi) is 4.71. The lowest BCUT2D eigenvalue weighted by Gasteiger charge is -2.27. The molecule has 2 aromatic heterocycles. The normalized spacial score (nSPS) is 16.2. The van der Waals surface area contributed by atoms with Crippen LogP contribution in [0.2, 0.25) is 0 Å². The number of carbonyl (C=O) groups is 1. The summed E-state index contributed by atoms with van der Waals surface area (Å²) in [5.74, 6) is 0.241. The van der Waals surface area contributed by atoms with Crippen LogP contribution >= 0.6 is 0 Å². The van der Waals surface area contributed by atoms with Gasteiger partial charge in [0.1, 0.15) is 0 Å². The molecular formula is C21H24N4O. The van der Waals surface area contributed by atoms with E-state index < -0.39 is 0 Å². The largest absolute Gasteiger partial charge is 0.312 e. The smallest absolute Gasteiger partial charge is 0.226 e. The van der Waals surface area contributed by atoms with E-state index in [2.05, 4.69) is 53.7 Å². The van der Waals surface area contributed by atoms with Crippen molar-refractivity contribution in [1.29, 1.82) is 0 Å². The lowest BCUT2D eigenvalue weighted by molar-refractivity contribution is -0.119. The zero-order valence-corrected chi connectivity index (χ0v) is 15.1. The Labute approximate surface area is 153 Å². The quantitative estimate of drug-likeness (QED) is 0.765. The number of benzene rings is 1. The van der Waals surface area contributed by atoms with Crippen molar-refractivity contribution in [3.8, 4) is 0 Å². The summed E-state index contributed by atoms with van der Waals surface area (Å²) in [5.41, 5.74) is 4.58. The van der Waals surface area contributed by atoms with E-state index in [4.69, 9.17) is 0 Å². The van der Waals surface area contributed by atoms with Crippen LogP contribution in [-0.2, 0) is 11.3 Å². The zero-order valence-electron chi connectivity index (χ0n) is 15.1. The number of amides is 1. The number of piperidine rings is 1. The minimum Gasteiger partial charge on any atom is -0.312 e. The first-order valence-corrected chi connectivity index (χ1v) is 9.27. The number of nitrogens with one attached hydrogen (secondary N) is 1. The van der Waals surface area contributed by atoms with Crippen molar-refractivity contribution in [1.82, 2.24) is 14.9 Å². The Balaban J connectivity index is 1.39. The molecular weight excluding hydrogens is 324 g/mol. The first-order chi connectivity index (χ1) is 12.7. The second-order valence-electron chi connectivity index (χ2n) is 6.93. The van der Waals surface area contributed by atoms with Crippen molar-refractivity contribution in [2.45, 2.75) is 38.8 Å². The van der Waals surface area contributed by atoms with Crippen molar-refractivity contribution in [3.05, 3.63) is 66.0 Å². The molecule has 3 heterocycles. The summed E-state index contributed by atoms with van der Waals surface area (Å²) >= 11 is 0. The molecule has 1 unspecified atom stereocenters. The van der Waals surface area contributed by atoms with E-state index in [1.807, 2.05) is 27.9 Å². The first-order valence-electron chi connectivity index (χ1n) is 9.27. The Morgan fingerprint density at radius 2 is 2.00 bits per heavy atom. The molecule has 1 aliphatic rings. The van der Waals surface area contributed by atoms with Crippen LogP contribution in [0.25, 0.3) is 5.52 Å². The molecule has 5 nitrogen and oxygen atoms in total. The molecule has 0 spiro atoms. The third-order valence-electron chi connectivity index (χ3n) is 5.10. The number of pyridine rings is 1. The van der Waals surface area contributed by atoms with E-state index in [9.17, 15) is 4.79 Å². The van der Waals surface area contributed by atoms with Gasteiger partial charge in [-0.25, -0.2) is 4.52 Å². The molecule has 5 heteroatoms. The Hall–Kier alpha value is -2.66. The van der Waals surface area contributed by atoms with Gasteiger partial charge in [-0.3, -0.25) is 4.79 Å². The summed E-state index contributed by atoms with van der Waals surface area (Å²) in [4.78, 5) is 14.0. The van der Waals surface area contributed by atoms with Gasteiger partial charge in [0.25, 0.3) is 0 Å². The van der Waals surface area contributed by atoms with Gasteiger partial charge in [-0.05, 0) is 61.2 Å². The zero-order chi connectivity index (χ0) is 17.9. The minimum absolute atomic E-state index is 0.238.